The van der Waals surface area contributed by atoms with Crippen molar-refractivity contribution in [3.63, 3.8) is 0 Å². The molecule has 4 nitrogen and oxygen atoms in total. The molecule has 0 radical (unpaired) electrons. The zero-order valence-electron chi connectivity index (χ0n) is 42.5. The van der Waals surface area contributed by atoms with Crippen molar-refractivity contribution in [2.24, 2.45) is 0 Å². The predicted molar refractivity (Wildman–Crippen MR) is 302 cm³/mol. The van der Waals surface area contributed by atoms with Crippen molar-refractivity contribution in [1.29, 1.82) is 0 Å². The fraction of sp³-hybridized carbons (Fsp3) is 0.238. The molecular weight excluding hydrogens is 854 g/mol. The fourth-order valence-corrected chi connectivity index (χ4v) is 11.8. The normalized spacial score (nSPS) is 13.7. The van der Waals surface area contributed by atoms with E-state index >= 15 is 0 Å². The van der Waals surface area contributed by atoms with Crippen LogP contribution in [0.5, 0.6) is 0 Å². The Morgan fingerprint density at radius 2 is 0.942 bits per heavy atom. The van der Waals surface area contributed by atoms with Gasteiger partial charge in [0.1, 0.15) is 11.2 Å². The smallest absolute Gasteiger partial charge is 0.252 e. The van der Waals surface area contributed by atoms with Gasteiger partial charge in [-0.2, -0.15) is 0 Å². The van der Waals surface area contributed by atoms with Crippen LogP contribution in [0.1, 0.15) is 79.0 Å². The van der Waals surface area contributed by atoms with E-state index in [4.69, 9.17) is 4.42 Å². The maximum absolute atomic E-state index is 6.38. The van der Waals surface area contributed by atoms with Gasteiger partial charge in [0.25, 0.3) is 6.71 Å². The van der Waals surface area contributed by atoms with Gasteiger partial charge in [0.05, 0.1) is 8.07 Å². The first-order valence-corrected chi connectivity index (χ1v) is 28.3. The molecule has 0 N–H and O–H groups in total. The molecule has 0 atom stereocenters. The van der Waals surface area contributed by atoms with E-state index in [0.717, 1.165) is 44.7 Å². The van der Waals surface area contributed by atoms with Gasteiger partial charge in [-0.3, -0.25) is 0 Å². The average molecular weight is 918 g/mol. The van der Waals surface area contributed by atoms with E-state index < -0.39 is 8.07 Å². The Balaban J connectivity index is 1.20. The molecule has 2 aliphatic heterocycles. The summed E-state index contributed by atoms with van der Waals surface area (Å²) in [5.41, 5.74) is 20.3. The van der Waals surface area contributed by atoms with Crippen molar-refractivity contribution < 1.29 is 4.42 Å². The lowest BCUT2D eigenvalue weighted by Crippen LogP contribution is -2.62. The molecule has 8 aromatic carbocycles. The van der Waals surface area contributed by atoms with E-state index in [9.17, 15) is 0 Å². The minimum Gasteiger partial charge on any atom is -0.456 e. The average Bonchev–Trinajstić information content (AvgIpc) is 3.68. The lowest BCUT2D eigenvalue weighted by atomic mass is 9.33. The van der Waals surface area contributed by atoms with Gasteiger partial charge in [-0.1, -0.05) is 166 Å². The first kappa shape index (κ1) is 44.7. The molecule has 11 rings (SSSR count). The van der Waals surface area contributed by atoms with E-state index in [-0.39, 0.29) is 23.0 Å². The van der Waals surface area contributed by atoms with E-state index in [2.05, 4.69) is 260 Å². The van der Waals surface area contributed by atoms with Crippen LogP contribution in [0, 0.1) is 0 Å². The number of rotatable bonds is 6. The first-order valence-electron chi connectivity index (χ1n) is 24.8. The second-order valence-electron chi connectivity index (χ2n) is 23.6. The van der Waals surface area contributed by atoms with Crippen LogP contribution >= 0.6 is 0 Å². The SMILES string of the molecule is CC(C)(C)c1ccc(N(c2ccc3c(c2)N(c2ccccc2)c2cc([Si](C)(C)C)cc4c2B3c2cc(C(C)(C)C)ccc2N4c2ccc(C(C)(C)C)cc2)c2ccc3oc4ccccc4c3c2)cc1. The zero-order valence-corrected chi connectivity index (χ0v) is 43.5. The molecule has 0 saturated heterocycles. The number of fused-ring (bicyclic) bond motifs is 7. The number of hydrogen-bond donors (Lipinski definition) is 0. The Hall–Kier alpha value is -6.76. The second-order valence-corrected chi connectivity index (χ2v) is 28.7. The standard InChI is InChI=1S/C63H64BN3OSi/c1-61(2,3)41-22-27-45(28-23-41)65(47-32-35-59-51(37-47)50-20-16-17-21-58(50)68-59)48-31-33-52-55(38-48)67(44-18-14-13-15-19-44)57-40-49(69(10,11)12)39-56-60(57)64(52)53-36-43(63(7,8)9)26-34-54(53)66(56)46-29-24-42(25-30-46)62(4,5)6/h13-40H,1-12H3. The van der Waals surface area contributed by atoms with Crippen LogP contribution in [0.3, 0.4) is 0 Å². The molecule has 69 heavy (non-hydrogen) atoms. The van der Waals surface area contributed by atoms with Crippen LogP contribution in [-0.2, 0) is 16.2 Å². The van der Waals surface area contributed by atoms with Crippen molar-refractivity contribution in [3.05, 3.63) is 187 Å². The van der Waals surface area contributed by atoms with E-state index in [1.807, 2.05) is 6.07 Å². The summed E-state index contributed by atoms with van der Waals surface area (Å²) in [6.07, 6.45) is 0. The van der Waals surface area contributed by atoms with Gasteiger partial charge < -0.3 is 19.1 Å². The summed E-state index contributed by atoms with van der Waals surface area (Å²) < 4.78 is 6.38. The molecule has 9 aromatic rings. The lowest BCUT2D eigenvalue weighted by molar-refractivity contribution is 0.590. The summed E-state index contributed by atoms with van der Waals surface area (Å²) in [4.78, 5) is 7.59. The number of anilines is 9. The highest BCUT2D eigenvalue weighted by atomic mass is 28.3. The molecule has 3 heterocycles. The summed E-state index contributed by atoms with van der Waals surface area (Å²) in [7, 11) is -1.89. The first-order chi connectivity index (χ1) is 32.7. The largest absolute Gasteiger partial charge is 0.456 e. The third-order valence-electron chi connectivity index (χ3n) is 14.7. The van der Waals surface area contributed by atoms with Gasteiger partial charge in [0, 0.05) is 62.0 Å². The quantitative estimate of drug-likeness (QED) is 0.155. The molecule has 0 aliphatic carbocycles. The molecule has 0 unspecified atom stereocenters. The molecule has 0 bridgehead atoms. The topological polar surface area (TPSA) is 22.9 Å². The maximum atomic E-state index is 6.38. The van der Waals surface area contributed by atoms with Gasteiger partial charge in [-0.05, 0) is 140 Å². The summed E-state index contributed by atoms with van der Waals surface area (Å²) in [6, 6.07) is 64.3. The van der Waals surface area contributed by atoms with Crippen molar-refractivity contribution in [3.8, 4) is 0 Å². The Kier molecular flexibility index (Phi) is 10.3. The van der Waals surface area contributed by atoms with Crippen molar-refractivity contribution in [1.82, 2.24) is 0 Å². The number of benzene rings is 8. The van der Waals surface area contributed by atoms with Crippen molar-refractivity contribution in [2.75, 3.05) is 14.7 Å². The molecule has 1 aromatic heterocycles. The Morgan fingerprint density at radius 1 is 0.420 bits per heavy atom. The second kappa shape index (κ2) is 15.9. The maximum Gasteiger partial charge on any atom is 0.252 e. The van der Waals surface area contributed by atoms with Crippen LogP contribution in [0.2, 0.25) is 19.6 Å². The van der Waals surface area contributed by atoms with Gasteiger partial charge in [-0.25, -0.2) is 0 Å². The monoisotopic (exact) mass is 917 g/mol. The minimum absolute atomic E-state index is 0.00902. The number of furan rings is 1. The van der Waals surface area contributed by atoms with E-state index in [1.165, 1.54) is 66.7 Å². The van der Waals surface area contributed by atoms with Crippen LogP contribution in [0.15, 0.2) is 174 Å². The van der Waals surface area contributed by atoms with E-state index in [0.29, 0.717) is 0 Å². The summed E-state index contributed by atoms with van der Waals surface area (Å²) in [5, 5.41) is 3.66. The molecule has 0 spiro atoms. The van der Waals surface area contributed by atoms with Crippen LogP contribution in [0.4, 0.5) is 51.2 Å². The lowest BCUT2D eigenvalue weighted by Gasteiger charge is -2.45. The molecule has 6 heteroatoms. The predicted octanol–water partition coefficient (Wildman–Crippen LogP) is 15.6. The summed E-state index contributed by atoms with van der Waals surface area (Å²) in [5.74, 6) is 0. The Bertz CT molecular complexity index is 3440. The molecule has 2 aliphatic rings. The Labute approximate surface area is 411 Å². The molecular formula is C63H64BN3OSi. The molecule has 0 amide bonds. The van der Waals surface area contributed by atoms with Crippen LogP contribution in [0.25, 0.3) is 21.9 Å². The highest BCUT2D eigenvalue weighted by Crippen LogP contribution is 2.47. The third-order valence-corrected chi connectivity index (χ3v) is 16.7. The number of para-hydroxylation sites is 2. The van der Waals surface area contributed by atoms with Gasteiger partial charge in [0.15, 0.2) is 0 Å². The van der Waals surface area contributed by atoms with Crippen LogP contribution in [-0.4, -0.2) is 14.8 Å². The molecule has 0 saturated carbocycles. The Morgan fingerprint density at radius 3 is 1.58 bits per heavy atom. The summed E-state index contributed by atoms with van der Waals surface area (Å²) in [6.45, 7) is 28.2. The summed E-state index contributed by atoms with van der Waals surface area (Å²) >= 11 is 0. The molecule has 0 fully saturated rings. The third kappa shape index (κ3) is 7.68. The van der Waals surface area contributed by atoms with E-state index in [1.54, 1.807) is 0 Å². The molecule has 344 valence electrons. The van der Waals surface area contributed by atoms with Gasteiger partial charge in [0.2, 0.25) is 0 Å². The van der Waals surface area contributed by atoms with Crippen LogP contribution < -0.4 is 36.3 Å². The van der Waals surface area contributed by atoms with Gasteiger partial charge in [-0.15, -0.1) is 0 Å². The zero-order chi connectivity index (χ0) is 48.4. The fourth-order valence-electron chi connectivity index (χ4n) is 10.7. The highest BCUT2D eigenvalue weighted by Gasteiger charge is 2.45. The number of hydrogen-bond acceptors (Lipinski definition) is 4. The minimum atomic E-state index is -1.89. The van der Waals surface area contributed by atoms with Crippen molar-refractivity contribution >= 4 is 109 Å². The van der Waals surface area contributed by atoms with Gasteiger partial charge >= 0.3 is 0 Å². The van der Waals surface area contributed by atoms with Crippen molar-refractivity contribution in [2.45, 2.75) is 98.2 Å². The highest BCUT2D eigenvalue weighted by molar-refractivity contribution is 7.00. The number of nitrogens with zero attached hydrogens (tertiary/aromatic N) is 3.